The number of nitrogens with one attached hydrogen (secondary N) is 1. The molecule has 12 heavy (non-hydrogen) atoms. The first-order chi connectivity index (χ1) is 5.41. The van der Waals surface area contributed by atoms with Crippen LogP contribution < -0.4 is 5.73 Å². The fourth-order valence-corrected chi connectivity index (χ4v) is 0.945. The van der Waals surface area contributed by atoms with Crippen molar-refractivity contribution in [1.29, 1.82) is 0 Å². The van der Waals surface area contributed by atoms with Gasteiger partial charge in [0.25, 0.3) is 0 Å². The second kappa shape index (κ2) is 2.78. The number of anilines is 1. The van der Waals surface area contributed by atoms with Gasteiger partial charge in [0.15, 0.2) is 0 Å². The van der Waals surface area contributed by atoms with E-state index in [1.54, 1.807) is 0 Å². The number of nitrogen functional groups attached to an aromatic ring is 1. The monoisotopic (exact) mass is 194 g/mol. The van der Waals surface area contributed by atoms with Gasteiger partial charge in [-0.25, -0.2) is 0 Å². The Bertz CT molecular complexity index is 341. The lowest BCUT2D eigenvalue weighted by Gasteiger charge is -2.06. The first-order valence-corrected chi connectivity index (χ1v) is 3.37. The van der Waals surface area contributed by atoms with Crippen LogP contribution in [0.2, 0.25) is 0 Å². The van der Waals surface area contributed by atoms with E-state index in [-0.39, 0.29) is 10.3 Å². The van der Waals surface area contributed by atoms with Gasteiger partial charge in [0.2, 0.25) is 0 Å². The SMILES string of the molecule is Nc1c[nH]c(=S)c(C(F)(F)F)c1. The Morgan fingerprint density at radius 2 is 2.00 bits per heavy atom. The second-order valence-electron chi connectivity index (χ2n) is 2.17. The maximum atomic E-state index is 12.1. The molecule has 0 amide bonds. The predicted molar refractivity (Wildman–Crippen MR) is 41.0 cm³/mol. The van der Waals surface area contributed by atoms with E-state index in [1.165, 1.54) is 6.20 Å². The van der Waals surface area contributed by atoms with Gasteiger partial charge in [-0.05, 0) is 6.07 Å². The number of hydrogen-bond acceptors (Lipinski definition) is 2. The summed E-state index contributed by atoms with van der Waals surface area (Å²) in [5, 5.41) is 0. The number of alkyl halides is 3. The van der Waals surface area contributed by atoms with Crippen LogP contribution in [0, 0.1) is 4.64 Å². The normalized spacial score (nSPS) is 11.6. The van der Waals surface area contributed by atoms with Gasteiger partial charge in [-0.1, -0.05) is 12.2 Å². The van der Waals surface area contributed by atoms with E-state index in [0.29, 0.717) is 0 Å². The molecule has 0 fully saturated rings. The van der Waals surface area contributed by atoms with Crippen LogP contribution in [0.5, 0.6) is 0 Å². The Hall–Kier alpha value is -1.04. The molecule has 0 aromatic carbocycles. The van der Waals surface area contributed by atoms with Crippen molar-refractivity contribution in [3.63, 3.8) is 0 Å². The standard InChI is InChI=1S/C6H5F3N2S/c7-6(8,9)4-1-3(10)2-11-5(4)12/h1-2H,10H2,(H,11,12). The quantitative estimate of drug-likeness (QED) is 0.622. The molecule has 0 atom stereocenters. The average molecular weight is 194 g/mol. The minimum Gasteiger partial charge on any atom is -0.398 e. The largest absolute Gasteiger partial charge is 0.419 e. The maximum Gasteiger partial charge on any atom is 0.419 e. The van der Waals surface area contributed by atoms with Gasteiger partial charge in [0, 0.05) is 11.9 Å². The van der Waals surface area contributed by atoms with Crippen LogP contribution in [0.3, 0.4) is 0 Å². The third kappa shape index (κ3) is 1.76. The van der Waals surface area contributed by atoms with Crippen molar-refractivity contribution in [3.05, 3.63) is 22.5 Å². The summed E-state index contributed by atoms with van der Waals surface area (Å²) >= 11 is 4.43. The highest BCUT2D eigenvalue weighted by Gasteiger charge is 2.32. The van der Waals surface area contributed by atoms with Gasteiger partial charge >= 0.3 is 6.18 Å². The third-order valence-electron chi connectivity index (χ3n) is 1.23. The fraction of sp³-hybridized carbons (Fsp3) is 0.167. The van der Waals surface area contributed by atoms with Crippen molar-refractivity contribution in [1.82, 2.24) is 4.98 Å². The lowest BCUT2D eigenvalue weighted by molar-refractivity contribution is -0.138. The van der Waals surface area contributed by atoms with Crippen molar-refractivity contribution in [2.24, 2.45) is 0 Å². The van der Waals surface area contributed by atoms with Crippen LogP contribution in [0.1, 0.15) is 5.56 Å². The maximum absolute atomic E-state index is 12.1. The van der Waals surface area contributed by atoms with E-state index in [9.17, 15) is 13.2 Å². The first kappa shape index (κ1) is 9.05. The highest BCUT2D eigenvalue weighted by atomic mass is 32.1. The zero-order valence-corrected chi connectivity index (χ0v) is 6.59. The molecule has 3 N–H and O–H groups in total. The number of halogens is 3. The summed E-state index contributed by atoms with van der Waals surface area (Å²) in [6, 6.07) is 0.804. The Morgan fingerprint density at radius 3 is 2.42 bits per heavy atom. The van der Waals surface area contributed by atoms with Gasteiger partial charge in [0.05, 0.1) is 5.56 Å². The van der Waals surface area contributed by atoms with Crippen LogP contribution in [0.25, 0.3) is 0 Å². The Morgan fingerprint density at radius 1 is 1.42 bits per heavy atom. The molecule has 0 aliphatic rings. The number of aromatic amines is 1. The zero-order chi connectivity index (χ0) is 9.35. The van der Waals surface area contributed by atoms with E-state index < -0.39 is 11.7 Å². The molecule has 1 rings (SSSR count). The molecule has 66 valence electrons. The molecular formula is C6H5F3N2S. The molecule has 0 saturated heterocycles. The molecule has 0 bridgehead atoms. The minimum absolute atomic E-state index is 0.0101. The number of hydrogen-bond donors (Lipinski definition) is 2. The second-order valence-corrected chi connectivity index (χ2v) is 2.58. The number of aromatic nitrogens is 1. The van der Waals surface area contributed by atoms with Gasteiger partial charge < -0.3 is 10.7 Å². The van der Waals surface area contributed by atoms with Gasteiger partial charge in [-0.2, -0.15) is 13.2 Å². The van der Waals surface area contributed by atoms with Crippen molar-refractivity contribution < 1.29 is 13.2 Å². The van der Waals surface area contributed by atoms with Crippen LogP contribution in [0.15, 0.2) is 12.3 Å². The number of rotatable bonds is 0. The average Bonchev–Trinajstić information content (AvgIpc) is 1.92. The third-order valence-corrected chi connectivity index (χ3v) is 1.57. The smallest absolute Gasteiger partial charge is 0.398 e. The van der Waals surface area contributed by atoms with Crippen LogP contribution in [0.4, 0.5) is 18.9 Å². The Labute approximate surface area is 71.2 Å². The summed E-state index contributed by atoms with van der Waals surface area (Å²) in [6.45, 7) is 0. The van der Waals surface area contributed by atoms with Crippen molar-refractivity contribution in [2.75, 3.05) is 5.73 Å². The van der Waals surface area contributed by atoms with E-state index in [2.05, 4.69) is 17.2 Å². The zero-order valence-electron chi connectivity index (χ0n) is 5.77. The lowest BCUT2D eigenvalue weighted by Crippen LogP contribution is -2.07. The van der Waals surface area contributed by atoms with Gasteiger partial charge in [-0.3, -0.25) is 0 Å². The number of pyridine rings is 1. The first-order valence-electron chi connectivity index (χ1n) is 2.96. The summed E-state index contributed by atoms with van der Waals surface area (Å²) < 4.78 is 35.9. The van der Waals surface area contributed by atoms with E-state index in [4.69, 9.17) is 5.73 Å². The molecule has 1 aromatic heterocycles. The molecule has 0 saturated carbocycles. The minimum atomic E-state index is -4.44. The molecule has 1 heterocycles. The number of nitrogens with two attached hydrogens (primary N) is 1. The topological polar surface area (TPSA) is 41.8 Å². The Balaban J connectivity index is 3.33. The van der Waals surface area contributed by atoms with Gasteiger partial charge in [0.1, 0.15) is 4.64 Å². The highest BCUT2D eigenvalue weighted by molar-refractivity contribution is 7.71. The van der Waals surface area contributed by atoms with Crippen molar-refractivity contribution in [2.45, 2.75) is 6.18 Å². The summed E-state index contributed by atoms with van der Waals surface area (Å²) in [7, 11) is 0. The van der Waals surface area contributed by atoms with E-state index >= 15 is 0 Å². The molecule has 1 aromatic rings. The molecular weight excluding hydrogens is 189 g/mol. The predicted octanol–water partition coefficient (Wildman–Crippen LogP) is 2.35. The highest BCUT2D eigenvalue weighted by Crippen LogP contribution is 2.30. The molecule has 0 unspecified atom stereocenters. The molecule has 0 radical (unpaired) electrons. The lowest BCUT2D eigenvalue weighted by atomic mass is 10.2. The molecule has 0 aliphatic heterocycles. The number of H-pyrrole nitrogens is 1. The molecule has 0 aliphatic carbocycles. The summed E-state index contributed by atoms with van der Waals surface area (Å²) in [6.07, 6.45) is -3.22. The van der Waals surface area contributed by atoms with Crippen molar-refractivity contribution in [3.8, 4) is 0 Å². The van der Waals surface area contributed by atoms with Crippen molar-refractivity contribution >= 4 is 17.9 Å². The van der Waals surface area contributed by atoms with E-state index in [0.717, 1.165) is 6.07 Å². The van der Waals surface area contributed by atoms with Crippen LogP contribution in [-0.2, 0) is 6.18 Å². The summed E-state index contributed by atoms with van der Waals surface area (Å²) in [4.78, 5) is 2.24. The molecule has 6 heteroatoms. The van der Waals surface area contributed by atoms with Gasteiger partial charge in [-0.15, -0.1) is 0 Å². The Kier molecular flexibility index (Phi) is 2.10. The van der Waals surface area contributed by atoms with Crippen LogP contribution in [-0.4, -0.2) is 4.98 Å². The molecule has 0 spiro atoms. The van der Waals surface area contributed by atoms with E-state index in [1.807, 2.05) is 0 Å². The van der Waals surface area contributed by atoms with Crippen LogP contribution >= 0.6 is 12.2 Å². The summed E-state index contributed by atoms with van der Waals surface area (Å²) in [5.74, 6) is 0. The molecule has 2 nitrogen and oxygen atoms in total. The summed E-state index contributed by atoms with van der Waals surface area (Å²) in [5.41, 5.74) is 4.25. The fourth-order valence-electron chi connectivity index (χ4n) is 0.711.